The summed E-state index contributed by atoms with van der Waals surface area (Å²) >= 11 is 2.24. The lowest BCUT2D eigenvalue weighted by Gasteiger charge is -2.44. The third-order valence-corrected chi connectivity index (χ3v) is 7.77. The highest BCUT2D eigenvalue weighted by Crippen LogP contribution is 2.52. The first-order chi connectivity index (χ1) is 15.7. The predicted octanol–water partition coefficient (Wildman–Crippen LogP) is 4.89. The van der Waals surface area contributed by atoms with Crippen LogP contribution in [0.1, 0.15) is 67.9 Å². The van der Waals surface area contributed by atoms with Crippen molar-refractivity contribution in [2.24, 2.45) is 10.4 Å². The Kier molecular flexibility index (Phi) is 5.61. The molecule has 1 atom stereocenters. The Morgan fingerprint density at radius 3 is 2.67 bits per heavy atom. The minimum atomic E-state index is -0.524. The SMILES string of the molecule is Cc1nc2c(nc1N1CCC3(CC1)Cc1ccccc1[C@H]3NC(=O)OC(C)(C)C)CN=C2I. The van der Waals surface area contributed by atoms with E-state index in [-0.39, 0.29) is 17.6 Å². The van der Waals surface area contributed by atoms with Crippen LogP contribution in [0.3, 0.4) is 0 Å². The van der Waals surface area contributed by atoms with Crippen LogP contribution in [-0.2, 0) is 17.7 Å². The molecule has 3 aliphatic rings. The van der Waals surface area contributed by atoms with Crippen LogP contribution in [0.25, 0.3) is 0 Å². The second-order valence-electron chi connectivity index (χ2n) is 10.3. The molecule has 0 bridgehead atoms. The number of benzene rings is 1. The van der Waals surface area contributed by atoms with E-state index in [2.05, 4.69) is 62.1 Å². The molecule has 1 saturated heterocycles. The van der Waals surface area contributed by atoms with Crippen molar-refractivity contribution in [2.75, 3.05) is 18.0 Å². The number of ether oxygens (including phenoxy) is 1. The summed E-state index contributed by atoms with van der Waals surface area (Å²) in [6.07, 6.45) is 2.56. The number of nitrogens with zero attached hydrogens (tertiary/aromatic N) is 4. The number of aliphatic imine (C=N–C) groups is 1. The molecule has 2 aromatic rings. The number of alkyl carbamates (subject to hydrolysis) is 1. The number of rotatable bonds is 2. The first-order valence-electron chi connectivity index (χ1n) is 11.6. The fourth-order valence-corrected chi connectivity index (χ4v) is 6.01. The highest BCUT2D eigenvalue weighted by molar-refractivity contribution is 14.1. The molecule has 3 heterocycles. The fourth-order valence-electron chi connectivity index (χ4n) is 5.41. The third kappa shape index (κ3) is 4.22. The van der Waals surface area contributed by atoms with E-state index in [0.29, 0.717) is 6.54 Å². The molecular formula is C25H30IN5O2. The maximum absolute atomic E-state index is 12.7. The Morgan fingerprint density at radius 2 is 1.94 bits per heavy atom. The molecule has 33 heavy (non-hydrogen) atoms. The molecule has 2 aliphatic heterocycles. The number of nitrogens with one attached hydrogen (secondary N) is 1. The second kappa shape index (κ2) is 8.21. The normalized spacial score (nSPS) is 20.9. The van der Waals surface area contributed by atoms with Crippen LogP contribution >= 0.6 is 22.6 Å². The molecule has 8 heteroatoms. The number of aromatic nitrogens is 2. The Balaban J connectivity index is 1.37. The highest BCUT2D eigenvalue weighted by Gasteiger charge is 2.49. The van der Waals surface area contributed by atoms with E-state index in [9.17, 15) is 4.79 Å². The number of fused-ring (bicyclic) bond motifs is 2. The fraction of sp³-hybridized carbons (Fsp3) is 0.520. The molecule has 1 spiro atoms. The molecule has 0 radical (unpaired) electrons. The van der Waals surface area contributed by atoms with Gasteiger partial charge in [-0.2, -0.15) is 0 Å². The van der Waals surface area contributed by atoms with Gasteiger partial charge in [0.25, 0.3) is 0 Å². The number of carbonyl (C=O) groups excluding carboxylic acids is 1. The van der Waals surface area contributed by atoms with Crippen molar-refractivity contribution in [2.45, 2.75) is 65.1 Å². The smallest absolute Gasteiger partial charge is 0.408 e. The molecule has 5 rings (SSSR count). The number of hydrogen-bond donors (Lipinski definition) is 1. The quantitative estimate of drug-likeness (QED) is 0.531. The largest absolute Gasteiger partial charge is 0.444 e. The van der Waals surface area contributed by atoms with Gasteiger partial charge in [-0.15, -0.1) is 0 Å². The van der Waals surface area contributed by atoms with Gasteiger partial charge in [0.2, 0.25) is 0 Å². The Bertz CT molecular complexity index is 1130. The van der Waals surface area contributed by atoms with Crippen LogP contribution in [0.15, 0.2) is 29.3 Å². The van der Waals surface area contributed by atoms with Crippen LogP contribution < -0.4 is 10.2 Å². The predicted molar refractivity (Wildman–Crippen MR) is 137 cm³/mol. The lowest BCUT2D eigenvalue weighted by Crippen LogP contribution is -2.48. The van der Waals surface area contributed by atoms with E-state index in [4.69, 9.17) is 14.7 Å². The van der Waals surface area contributed by atoms with Gasteiger partial charge in [0.1, 0.15) is 20.8 Å². The van der Waals surface area contributed by atoms with E-state index >= 15 is 0 Å². The Morgan fingerprint density at radius 1 is 1.21 bits per heavy atom. The van der Waals surface area contributed by atoms with Gasteiger partial charge in [-0.3, -0.25) is 4.99 Å². The van der Waals surface area contributed by atoms with Crippen LogP contribution in [-0.4, -0.2) is 38.5 Å². The minimum Gasteiger partial charge on any atom is -0.444 e. The van der Waals surface area contributed by atoms with Crippen LogP contribution in [0, 0.1) is 12.3 Å². The zero-order valence-corrected chi connectivity index (χ0v) is 21.8. The molecular weight excluding hydrogens is 529 g/mol. The van der Waals surface area contributed by atoms with Gasteiger partial charge < -0.3 is 15.0 Å². The molecule has 1 N–H and O–H groups in total. The summed E-state index contributed by atoms with van der Waals surface area (Å²) in [5.74, 6) is 0.970. The summed E-state index contributed by atoms with van der Waals surface area (Å²) in [6, 6.07) is 8.44. The van der Waals surface area contributed by atoms with Crippen molar-refractivity contribution < 1.29 is 9.53 Å². The molecule has 0 unspecified atom stereocenters. The summed E-state index contributed by atoms with van der Waals surface area (Å²) in [5, 5.41) is 3.23. The number of hydrogen-bond acceptors (Lipinski definition) is 6. The van der Waals surface area contributed by atoms with E-state index in [1.165, 1.54) is 11.1 Å². The maximum Gasteiger partial charge on any atom is 0.408 e. The molecule has 1 aliphatic carbocycles. The monoisotopic (exact) mass is 559 g/mol. The van der Waals surface area contributed by atoms with E-state index in [1.54, 1.807) is 0 Å². The number of aryl methyl sites for hydroxylation is 1. The average molecular weight is 559 g/mol. The first kappa shape index (κ1) is 22.6. The molecule has 1 amide bonds. The van der Waals surface area contributed by atoms with Crippen LogP contribution in [0.5, 0.6) is 0 Å². The van der Waals surface area contributed by atoms with Crippen molar-refractivity contribution in [1.29, 1.82) is 0 Å². The van der Waals surface area contributed by atoms with E-state index in [1.807, 2.05) is 27.7 Å². The van der Waals surface area contributed by atoms with Gasteiger partial charge in [-0.25, -0.2) is 14.8 Å². The van der Waals surface area contributed by atoms with Crippen molar-refractivity contribution in [3.8, 4) is 0 Å². The summed E-state index contributed by atoms with van der Waals surface area (Å²) in [6.45, 7) is 10.1. The second-order valence-corrected chi connectivity index (χ2v) is 11.4. The molecule has 0 saturated carbocycles. The molecule has 174 valence electrons. The van der Waals surface area contributed by atoms with Crippen molar-refractivity contribution in [3.05, 3.63) is 52.5 Å². The van der Waals surface area contributed by atoms with Gasteiger partial charge in [0.05, 0.1) is 24.0 Å². The van der Waals surface area contributed by atoms with Crippen LogP contribution in [0.2, 0.25) is 0 Å². The summed E-state index contributed by atoms with van der Waals surface area (Å²) in [7, 11) is 0. The number of carbonyl (C=O) groups is 1. The van der Waals surface area contributed by atoms with Gasteiger partial charge >= 0.3 is 6.09 Å². The Labute approximate surface area is 208 Å². The summed E-state index contributed by atoms with van der Waals surface area (Å²) in [5.41, 5.74) is 4.85. The zero-order valence-electron chi connectivity index (χ0n) is 19.6. The highest BCUT2D eigenvalue weighted by atomic mass is 127. The van der Waals surface area contributed by atoms with E-state index in [0.717, 1.165) is 59.0 Å². The number of anilines is 1. The van der Waals surface area contributed by atoms with Crippen LogP contribution in [0.4, 0.5) is 10.6 Å². The minimum absolute atomic E-state index is 0.0202. The number of piperidine rings is 1. The average Bonchev–Trinajstić information content (AvgIpc) is 3.25. The summed E-state index contributed by atoms with van der Waals surface area (Å²) in [4.78, 5) is 29.3. The maximum atomic E-state index is 12.7. The topological polar surface area (TPSA) is 79.7 Å². The summed E-state index contributed by atoms with van der Waals surface area (Å²) < 4.78 is 6.56. The zero-order chi connectivity index (χ0) is 23.4. The molecule has 1 fully saturated rings. The molecule has 1 aromatic carbocycles. The Hall–Kier alpha value is -2.23. The van der Waals surface area contributed by atoms with Crippen molar-refractivity contribution in [3.63, 3.8) is 0 Å². The third-order valence-electron chi connectivity index (χ3n) is 6.92. The van der Waals surface area contributed by atoms with Gasteiger partial charge in [-0.1, -0.05) is 24.3 Å². The van der Waals surface area contributed by atoms with Gasteiger partial charge in [0, 0.05) is 18.5 Å². The molecule has 1 aromatic heterocycles. The van der Waals surface area contributed by atoms with E-state index < -0.39 is 5.60 Å². The van der Waals surface area contributed by atoms with Crippen molar-refractivity contribution in [1.82, 2.24) is 15.3 Å². The lowest BCUT2D eigenvalue weighted by atomic mass is 9.72. The standard InChI is InChI=1S/C25H30IN5O2/c1-15-22(29-18-14-27-21(26)19(18)28-15)31-11-9-25(10-12-31)13-16-7-5-6-8-17(16)20(25)30-23(32)33-24(2,3)4/h5-8,20H,9-14H2,1-4H3,(H,30,32)/t20-/m1/s1. The van der Waals surface area contributed by atoms with Gasteiger partial charge in [-0.05, 0) is 80.7 Å². The molecule has 7 nitrogen and oxygen atoms in total. The number of halogens is 1. The lowest BCUT2D eigenvalue weighted by molar-refractivity contribution is 0.0428. The van der Waals surface area contributed by atoms with Crippen molar-refractivity contribution >= 4 is 38.2 Å². The first-order valence-corrected chi connectivity index (χ1v) is 12.6. The van der Waals surface area contributed by atoms with Gasteiger partial charge in [0.15, 0.2) is 0 Å². The number of amides is 1.